The smallest absolute Gasteiger partial charge is 0.155 e. The number of hydrogen-bond acceptors (Lipinski definition) is 2. The second kappa shape index (κ2) is 4.48. The fourth-order valence-electron chi connectivity index (χ4n) is 2.94. The zero-order valence-electron chi connectivity index (χ0n) is 11.8. The number of hydrogen-bond donors (Lipinski definition) is 0. The summed E-state index contributed by atoms with van der Waals surface area (Å²) >= 11 is 0. The van der Waals surface area contributed by atoms with Gasteiger partial charge in [0.15, 0.2) is 5.78 Å². The Morgan fingerprint density at radius 2 is 1.88 bits per heavy atom. The maximum Gasteiger partial charge on any atom is 0.155 e. The van der Waals surface area contributed by atoms with Gasteiger partial charge in [-0.2, -0.15) is 0 Å². The summed E-state index contributed by atoms with van der Waals surface area (Å²) in [6, 6.07) is 0. The van der Waals surface area contributed by atoms with Crippen LogP contribution >= 0.6 is 0 Å². The Balaban J connectivity index is 2.87. The van der Waals surface area contributed by atoms with Crippen LogP contribution < -0.4 is 0 Å². The molecule has 1 saturated heterocycles. The van der Waals surface area contributed by atoms with Crippen LogP contribution in [-0.2, 0) is 4.79 Å². The van der Waals surface area contributed by atoms with Crippen molar-refractivity contribution < 1.29 is 4.79 Å². The minimum atomic E-state index is -0.305. The minimum absolute atomic E-state index is 0.135. The van der Waals surface area contributed by atoms with Crippen LogP contribution in [0.1, 0.15) is 60.3 Å². The van der Waals surface area contributed by atoms with Crippen LogP contribution in [0.25, 0.3) is 0 Å². The van der Waals surface area contributed by atoms with Crippen LogP contribution in [0.3, 0.4) is 0 Å². The van der Waals surface area contributed by atoms with E-state index in [2.05, 4.69) is 46.6 Å². The van der Waals surface area contributed by atoms with E-state index in [9.17, 15) is 4.79 Å². The zero-order chi connectivity index (χ0) is 12.6. The van der Waals surface area contributed by atoms with Gasteiger partial charge in [-0.25, -0.2) is 0 Å². The van der Waals surface area contributed by atoms with Gasteiger partial charge < -0.3 is 0 Å². The van der Waals surface area contributed by atoms with Gasteiger partial charge in [0.25, 0.3) is 0 Å². The van der Waals surface area contributed by atoms with E-state index in [0.29, 0.717) is 5.78 Å². The van der Waals surface area contributed by atoms with Gasteiger partial charge in [0.1, 0.15) is 0 Å². The first kappa shape index (κ1) is 13.7. The van der Waals surface area contributed by atoms with Crippen molar-refractivity contribution in [2.45, 2.75) is 71.4 Å². The average Bonchev–Trinajstić information content (AvgIpc) is 2.20. The Labute approximate surface area is 100 Å². The molecule has 1 aliphatic heterocycles. The van der Waals surface area contributed by atoms with Crippen LogP contribution in [-0.4, -0.2) is 28.8 Å². The molecule has 94 valence electrons. The van der Waals surface area contributed by atoms with Crippen molar-refractivity contribution in [3.8, 4) is 0 Å². The molecule has 0 aromatic heterocycles. The number of likely N-dealkylation sites (tertiary alicyclic amines) is 1. The molecular formula is C14H27NO. The molecule has 1 aliphatic rings. The van der Waals surface area contributed by atoms with Crippen molar-refractivity contribution in [2.75, 3.05) is 7.05 Å². The van der Waals surface area contributed by atoms with E-state index in [1.54, 1.807) is 0 Å². The first-order valence-corrected chi connectivity index (χ1v) is 6.51. The molecule has 0 amide bonds. The first-order valence-electron chi connectivity index (χ1n) is 6.51. The summed E-state index contributed by atoms with van der Waals surface area (Å²) in [4.78, 5) is 14.7. The number of carbonyl (C=O) groups is 1. The summed E-state index contributed by atoms with van der Waals surface area (Å²) in [7, 11) is 2.08. The number of unbranched alkanes of at least 4 members (excludes halogenated alkanes) is 1. The summed E-state index contributed by atoms with van der Waals surface area (Å²) in [5.74, 6) is 0.698. The lowest BCUT2D eigenvalue weighted by molar-refractivity contribution is -0.145. The predicted octanol–water partition coefficient (Wildman–Crippen LogP) is 3.25. The van der Waals surface area contributed by atoms with Crippen LogP contribution in [0.5, 0.6) is 0 Å². The lowest BCUT2D eigenvalue weighted by atomic mass is 9.71. The molecular weight excluding hydrogens is 198 g/mol. The van der Waals surface area contributed by atoms with Gasteiger partial charge in [0.05, 0.1) is 5.54 Å². The molecule has 1 unspecified atom stereocenters. The van der Waals surface area contributed by atoms with Gasteiger partial charge in [-0.3, -0.25) is 9.69 Å². The molecule has 0 bridgehead atoms. The lowest BCUT2D eigenvalue weighted by Crippen LogP contribution is -2.63. The maximum atomic E-state index is 12.4. The lowest BCUT2D eigenvalue weighted by Gasteiger charge is -2.52. The zero-order valence-corrected chi connectivity index (χ0v) is 11.8. The Bertz CT molecular complexity index is 268. The highest BCUT2D eigenvalue weighted by Crippen LogP contribution is 2.39. The molecule has 0 aromatic rings. The highest BCUT2D eigenvalue weighted by Gasteiger charge is 2.48. The number of Topliss-reactive ketones (excluding diaryl/α,β-unsaturated/α-hetero) is 1. The third-order valence-corrected chi connectivity index (χ3v) is 4.37. The number of rotatable bonds is 3. The fourth-order valence-corrected chi connectivity index (χ4v) is 2.94. The number of nitrogens with zero attached hydrogens (tertiary/aromatic N) is 1. The van der Waals surface area contributed by atoms with Crippen LogP contribution in [0.4, 0.5) is 0 Å². The number of carbonyl (C=O) groups excluding carboxylic acids is 1. The molecule has 1 atom stereocenters. The average molecular weight is 225 g/mol. The van der Waals surface area contributed by atoms with E-state index in [4.69, 9.17) is 0 Å². The van der Waals surface area contributed by atoms with Crippen LogP contribution in [0, 0.1) is 5.92 Å². The van der Waals surface area contributed by atoms with E-state index < -0.39 is 0 Å². The first-order chi connectivity index (χ1) is 7.23. The summed E-state index contributed by atoms with van der Waals surface area (Å²) in [5, 5.41) is 0. The molecule has 2 heteroatoms. The van der Waals surface area contributed by atoms with Gasteiger partial charge in [0, 0.05) is 11.5 Å². The monoisotopic (exact) mass is 225 g/mol. The van der Waals surface area contributed by atoms with Gasteiger partial charge in [-0.1, -0.05) is 19.8 Å². The highest BCUT2D eigenvalue weighted by molar-refractivity contribution is 5.90. The van der Waals surface area contributed by atoms with E-state index >= 15 is 0 Å². The largest absolute Gasteiger partial charge is 0.297 e. The summed E-state index contributed by atoms with van der Waals surface area (Å²) < 4.78 is 0. The standard InChI is InChI=1S/C14H27NO/c1-7-8-9-11-10-13(2,3)15(6)14(4,5)12(11)16/h11H,7-10H2,1-6H3. The summed E-state index contributed by atoms with van der Waals surface area (Å²) in [6.45, 7) is 10.8. The topological polar surface area (TPSA) is 20.3 Å². The molecule has 1 rings (SSSR count). The number of ketones is 1. The number of likely N-dealkylation sites (N-methyl/N-ethyl adjacent to an activating group) is 1. The second-order valence-corrected chi connectivity index (χ2v) is 6.34. The Morgan fingerprint density at radius 1 is 1.31 bits per heavy atom. The minimum Gasteiger partial charge on any atom is -0.297 e. The summed E-state index contributed by atoms with van der Waals surface area (Å²) in [6.07, 6.45) is 4.43. The maximum absolute atomic E-state index is 12.4. The van der Waals surface area contributed by atoms with Gasteiger partial charge in [-0.05, 0) is 47.6 Å². The molecule has 0 aliphatic carbocycles. The van der Waals surface area contributed by atoms with E-state index in [1.807, 2.05) is 0 Å². The van der Waals surface area contributed by atoms with Crippen molar-refractivity contribution in [1.82, 2.24) is 4.90 Å². The molecule has 0 spiro atoms. The van der Waals surface area contributed by atoms with Crippen molar-refractivity contribution in [2.24, 2.45) is 5.92 Å². The highest BCUT2D eigenvalue weighted by atomic mass is 16.1. The third-order valence-electron chi connectivity index (χ3n) is 4.37. The van der Waals surface area contributed by atoms with E-state index in [0.717, 1.165) is 12.8 Å². The number of piperidine rings is 1. The predicted molar refractivity (Wildman–Crippen MR) is 68.6 cm³/mol. The molecule has 2 nitrogen and oxygen atoms in total. The fraction of sp³-hybridized carbons (Fsp3) is 0.929. The van der Waals surface area contributed by atoms with Gasteiger partial charge in [-0.15, -0.1) is 0 Å². The Morgan fingerprint density at radius 3 is 2.38 bits per heavy atom. The Hall–Kier alpha value is -0.370. The van der Waals surface area contributed by atoms with Gasteiger partial charge >= 0.3 is 0 Å². The molecule has 16 heavy (non-hydrogen) atoms. The molecule has 0 N–H and O–H groups in total. The van der Waals surface area contributed by atoms with Crippen LogP contribution in [0.2, 0.25) is 0 Å². The quantitative estimate of drug-likeness (QED) is 0.735. The molecule has 1 fully saturated rings. The Kier molecular flexibility index (Phi) is 3.83. The van der Waals surface area contributed by atoms with Crippen molar-refractivity contribution in [3.63, 3.8) is 0 Å². The van der Waals surface area contributed by atoms with Crippen LogP contribution in [0.15, 0.2) is 0 Å². The van der Waals surface area contributed by atoms with Crippen molar-refractivity contribution in [3.05, 3.63) is 0 Å². The summed E-state index contributed by atoms with van der Waals surface area (Å²) in [5.41, 5.74) is -0.171. The van der Waals surface area contributed by atoms with Crippen molar-refractivity contribution in [1.29, 1.82) is 0 Å². The SMILES string of the molecule is CCCCC1CC(C)(C)N(C)C(C)(C)C1=O. The normalized spacial score (nSPS) is 29.4. The van der Waals surface area contributed by atoms with Crippen molar-refractivity contribution >= 4 is 5.78 Å². The second-order valence-electron chi connectivity index (χ2n) is 6.34. The molecule has 0 aromatic carbocycles. The van der Waals surface area contributed by atoms with Gasteiger partial charge in [0.2, 0.25) is 0 Å². The molecule has 1 heterocycles. The third kappa shape index (κ3) is 2.32. The van der Waals surface area contributed by atoms with E-state index in [-0.39, 0.29) is 17.0 Å². The molecule has 0 radical (unpaired) electrons. The van der Waals surface area contributed by atoms with E-state index in [1.165, 1.54) is 12.8 Å². The molecule has 0 saturated carbocycles.